The molecule has 43 heavy (non-hydrogen) atoms. The van der Waals surface area contributed by atoms with Crippen molar-refractivity contribution in [1.29, 1.82) is 0 Å². The van der Waals surface area contributed by atoms with Crippen molar-refractivity contribution in [3.05, 3.63) is 107 Å². The van der Waals surface area contributed by atoms with Gasteiger partial charge in [0.05, 0.1) is 23.6 Å². The number of fused-ring (bicyclic) bond motifs is 3. The molecule has 2 heterocycles. The number of amides is 2. The quantitative estimate of drug-likeness (QED) is 0.183. The van der Waals surface area contributed by atoms with Crippen LogP contribution in [-0.4, -0.2) is 41.8 Å². The molecule has 3 aromatic carbocycles. The highest BCUT2D eigenvalue weighted by Crippen LogP contribution is 2.51. The summed E-state index contributed by atoms with van der Waals surface area (Å²) in [6.45, 7) is 2.39. The average molecular weight is 577 g/mol. The minimum absolute atomic E-state index is 0.194. The highest BCUT2D eigenvalue weighted by molar-refractivity contribution is 6.43. The lowest BCUT2D eigenvalue weighted by molar-refractivity contribution is -0.122. The summed E-state index contributed by atoms with van der Waals surface area (Å²) in [5.41, 5.74) is 4.77. The molecule has 8 heteroatoms. The van der Waals surface area contributed by atoms with E-state index in [1.807, 2.05) is 60.7 Å². The Bertz CT molecular complexity index is 1520. The zero-order chi connectivity index (χ0) is 29.9. The second-order valence-electron chi connectivity index (χ2n) is 11.6. The van der Waals surface area contributed by atoms with Crippen molar-refractivity contribution in [2.45, 2.75) is 45.0 Å². The summed E-state index contributed by atoms with van der Waals surface area (Å²) in [7, 11) is -1.03. The third-order valence-corrected chi connectivity index (χ3v) is 8.92. The van der Waals surface area contributed by atoms with Crippen molar-refractivity contribution < 1.29 is 29.1 Å². The highest BCUT2D eigenvalue weighted by atomic mass is 16.5. The Balaban J connectivity index is 1.32. The van der Waals surface area contributed by atoms with Gasteiger partial charge in [0.2, 0.25) is 11.8 Å². The van der Waals surface area contributed by atoms with E-state index in [0.717, 1.165) is 35.3 Å². The number of rotatable bonds is 9. The number of para-hydroxylation sites is 2. The first-order valence-corrected chi connectivity index (χ1v) is 15.1. The van der Waals surface area contributed by atoms with E-state index >= 15 is 0 Å². The summed E-state index contributed by atoms with van der Waals surface area (Å²) < 4.78 is 12.4. The summed E-state index contributed by atoms with van der Waals surface area (Å²) in [6.07, 6.45) is 4.58. The summed E-state index contributed by atoms with van der Waals surface area (Å²) >= 11 is 0. The third kappa shape index (κ3) is 6.03. The summed E-state index contributed by atoms with van der Waals surface area (Å²) in [6, 6.07) is 25.8. The van der Waals surface area contributed by atoms with Crippen molar-refractivity contribution in [2.24, 2.45) is 17.8 Å². The molecular formula is C35H36BNO6. The molecule has 6 rings (SSSR count). The molecule has 0 saturated carbocycles. The molecule has 0 radical (unpaired) electrons. The van der Waals surface area contributed by atoms with Gasteiger partial charge in [-0.1, -0.05) is 67.1 Å². The summed E-state index contributed by atoms with van der Waals surface area (Å²) in [5, 5.41) is 20.6. The third-order valence-electron chi connectivity index (χ3n) is 8.92. The fourth-order valence-electron chi connectivity index (χ4n) is 6.89. The van der Waals surface area contributed by atoms with Gasteiger partial charge in [-0.15, -0.1) is 0 Å². The van der Waals surface area contributed by atoms with Gasteiger partial charge in [0.25, 0.3) is 0 Å². The number of carbonyl (C=O) groups is 2. The molecule has 2 fully saturated rings. The van der Waals surface area contributed by atoms with E-state index in [1.165, 1.54) is 10.5 Å². The Morgan fingerprint density at radius 2 is 1.67 bits per heavy atom. The SMILES string of the molecule is CC/C(=C\c1ccc(O)cc1)CC[C@H]1OB(O)C[C@H]2C1=C(COc1ccccc1)C[C@H]1C(=O)N(c3ccccc3)C(=O)[C@H]12. The van der Waals surface area contributed by atoms with Gasteiger partial charge in [0.1, 0.15) is 18.1 Å². The molecule has 0 aromatic heterocycles. The number of nitrogens with zero attached hydrogens (tertiary/aromatic N) is 1. The van der Waals surface area contributed by atoms with Gasteiger partial charge >= 0.3 is 7.12 Å². The fourth-order valence-corrected chi connectivity index (χ4v) is 6.89. The Morgan fingerprint density at radius 3 is 2.37 bits per heavy atom. The Labute approximate surface area is 252 Å². The van der Waals surface area contributed by atoms with Crippen molar-refractivity contribution in [3.63, 3.8) is 0 Å². The second kappa shape index (κ2) is 12.6. The number of carbonyl (C=O) groups excluding carboxylic acids is 2. The largest absolute Gasteiger partial charge is 0.508 e. The van der Waals surface area contributed by atoms with E-state index in [1.54, 1.807) is 24.3 Å². The predicted molar refractivity (Wildman–Crippen MR) is 166 cm³/mol. The standard InChI is InChI=1S/C35H36BNO6/c1-2-23(19-24-13-16-27(38)17-14-24)15-18-31-32-25(22-42-28-11-7-4-8-12-28)20-29-33(30(32)21-36(41)43-31)35(40)37(34(29)39)26-9-5-3-6-10-26/h3-14,16-17,19,29-31,33,38,41H,2,15,18,20-22H2,1H3/b23-19+/t29-,30+,31-,33-/m1/s1. The van der Waals surface area contributed by atoms with Gasteiger partial charge in [0.15, 0.2) is 0 Å². The Hall–Kier alpha value is -4.14. The lowest BCUT2D eigenvalue weighted by Gasteiger charge is -2.43. The molecule has 0 unspecified atom stereocenters. The number of hydrogen-bond donors (Lipinski definition) is 2. The van der Waals surface area contributed by atoms with Gasteiger partial charge in [-0.2, -0.15) is 0 Å². The Kier molecular flexibility index (Phi) is 8.50. The van der Waals surface area contributed by atoms with Crippen LogP contribution in [-0.2, 0) is 14.2 Å². The van der Waals surface area contributed by atoms with Crippen molar-refractivity contribution in [3.8, 4) is 11.5 Å². The lowest BCUT2D eigenvalue weighted by atomic mass is 9.58. The van der Waals surface area contributed by atoms with Gasteiger partial charge in [-0.3, -0.25) is 14.5 Å². The zero-order valence-corrected chi connectivity index (χ0v) is 24.3. The second-order valence-corrected chi connectivity index (χ2v) is 11.6. The molecule has 2 saturated heterocycles. The van der Waals surface area contributed by atoms with Crippen LogP contribution < -0.4 is 9.64 Å². The molecule has 2 N–H and O–H groups in total. The van der Waals surface area contributed by atoms with E-state index in [2.05, 4.69) is 13.0 Å². The van der Waals surface area contributed by atoms with Gasteiger partial charge in [-0.05, 0) is 91.0 Å². The topological polar surface area (TPSA) is 96.3 Å². The van der Waals surface area contributed by atoms with Gasteiger partial charge in [0, 0.05) is 0 Å². The van der Waals surface area contributed by atoms with Crippen LogP contribution in [0.5, 0.6) is 11.5 Å². The molecule has 1 aliphatic carbocycles. The highest BCUT2D eigenvalue weighted by Gasteiger charge is 2.57. The monoisotopic (exact) mass is 577 g/mol. The van der Waals surface area contributed by atoms with Crippen LogP contribution in [0.1, 0.15) is 38.2 Å². The van der Waals surface area contributed by atoms with Crippen LogP contribution in [0, 0.1) is 17.8 Å². The lowest BCUT2D eigenvalue weighted by Crippen LogP contribution is -2.46. The summed E-state index contributed by atoms with van der Waals surface area (Å²) in [5.74, 6) is -0.832. The maximum atomic E-state index is 13.9. The Morgan fingerprint density at radius 1 is 0.977 bits per heavy atom. The molecule has 0 bridgehead atoms. The average Bonchev–Trinajstić information content (AvgIpc) is 3.28. The first-order chi connectivity index (χ1) is 20.9. The molecule has 4 atom stereocenters. The number of imide groups is 1. The number of phenols is 1. The van der Waals surface area contributed by atoms with Crippen LogP contribution >= 0.6 is 0 Å². The molecule has 0 spiro atoms. The van der Waals surface area contributed by atoms with Crippen LogP contribution in [0.4, 0.5) is 5.69 Å². The molecular weight excluding hydrogens is 541 g/mol. The number of phenolic OH excluding ortho intramolecular Hbond substituents is 1. The zero-order valence-electron chi connectivity index (χ0n) is 24.3. The molecule has 220 valence electrons. The normalized spacial score (nSPS) is 23.8. The maximum Gasteiger partial charge on any atom is 0.455 e. The maximum absolute atomic E-state index is 13.9. The number of hydrogen-bond acceptors (Lipinski definition) is 6. The smallest absolute Gasteiger partial charge is 0.455 e. The van der Waals surface area contributed by atoms with E-state index in [0.29, 0.717) is 18.5 Å². The van der Waals surface area contributed by atoms with Crippen LogP contribution in [0.3, 0.4) is 0 Å². The van der Waals surface area contributed by atoms with E-state index in [4.69, 9.17) is 9.39 Å². The first kappa shape index (κ1) is 29.0. The molecule has 7 nitrogen and oxygen atoms in total. The van der Waals surface area contributed by atoms with Crippen LogP contribution in [0.15, 0.2) is 102 Å². The number of ether oxygens (including phenoxy) is 1. The first-order valence-electron chi connectivity index (χ1n) is 15.1. The predicted octanol–water partition coefficient (Wildman–Crippen LogP) is 6.05. The van der Waals surface area contributed by atoms with Crippen molar-refractivity contribution in [1.82, 2.24) is 0 Å². The molecule has 3 aromatic rings. The number of allylic oxidation sites excluding steroid dienone is 1. The molecule has 2 amide bonds. The van der Waals surface area contributed by atoms with Crippen molar-refractivity contribution in [2.75, 3.05) is 11.5 Å². The summed E-state index contributed by atoms with van der Waals surface area (Å²) in [4.78, 5) is 29.1. The van der Waals surface area contributed by atoms with Crippen LogP contribution in [0.25, 0.3) is 6.08 Å². The van der Waals surface area contributed by atoms with E-state index in [9.17, 15) is 19.7 Å². The minimum atomic E-state index is -1.03. The number of anilines is 1. The van der Waals surface area contributed by atoms with E-state index in [-0.39, 0.29) is 36.4 Å². The molecule has 3 aliphatic rings. The fraction of sp³-hybridized carbons (Fsp3) is 0.314. The number of aromatic hydroxyl groups is 1. The minimum Gasteiger partial charge on any atom is -0.508 e. The van der Waals surface area contributed by atoms with Gasteiger partial charge < -0.3 is 19.5 Å². The van der Waals surface area contributed by atoms with Crippen LogP contribution in [0.2, 0.25) is 6.32 Å². The van der Waals surface area contributed by atoms with E-state index < -0.39 is 25.1 Å². The van der Waals surface area contributed by atoms with Gasteiger partial charge in [-0.25, -0.2) is 0 Å². The van der Waals surface area contributed by atoms with Crippen molar-refractivity contribution >= 4 is 30.7 Å². The molecule has 2 aliphatic heterocycles. The number of benzene rings is 3.